The molecule has 0 bridgehead atoms. The van der Waals surface area contributed by atoms with Gasteiger partial charge < -0.3 is 15.0 Å². The minimum absolute atomic E-state index is 0.0481. The number of rotatable bonds is 5. The maximum Gasteiger partial charge on any atom is 0.361 e. The number of ether oxygens (including phenoxy) is 1. The number of esters is 1. The van der Waals surface area contributed by atoms with Gasteiger partial charge >= 0.3 is 5.97 Å². The molecule has 7 nitrogen and oxygen atoms in total. The monoisotopic (exact) mass is 398 g/mol. The Kier molecular flexibility index (Phi) is 5.46. The van der Waals surface area contributed by atoms with Gasteiger partial charge in [0.15, 0.2) is 17.6 Å². The Labute approximate surface area is 167 Å². The van der Waals surface area contributed by atoms with E-state index in [0.29, 0.717) is 10.6 Å². The zero-order valence-electron chi connectivity index (χ0n) is 15.6. The predicted molar refractivity (Wildman–Crippen MR) is 106 cm³/mol. The summed E-state index contributed by atoms with van der Waals surface area (Å²) in [6.45, 7) is 5.25. The smallest absolute Gasteiger partial charge is 0.361 e. The van der Waals surface area contributed by atoms with Crippen molar-refractivity contribution in [2.45, 2.75) is 26.9 Å². The van der Waals surface area contributed by atoms with Gasteiger partial charge in [-0.05, 0) is 51.1 Å². The molecule has 144 valence electrons. The lowest BCUT2D eigenvalue weighted by molar-refractivity contribution is 0.0313. The average Bonchev–Trinajstić information content (AvgIpc) is 2.96. The standard InChI is InChI=1S/C20H19ClN4O3/c1-11-10-16(12(2)25(11)15-6-4-14(21)5-7-15)18(26)13(3)28-20(27)17-19(22)24-9-8-23-17/h4-10,13H,1-3H3,(H2,22,24)/t13-/m0/s1. The van der Waals surface area contributed by atoms with Gasteiger partial charge in [-0.1, -0.05) is 11.6 Å². The third-order valence-electron chi connectivity index (χ3n) is 4.35. The largest absolute Gasteiger partial charge is 0.449 e. The summed E-state index contributed by atoms with van der Waals surface area (Å²) in [4.78, 5) is 32.8. The van der Waals surface area contributed by atoms with Crippen molar-refractivity contribution in [3.63, 3.8) is 0 Å². The Morgan fingerprint density at radius 2 is 1.79 bits per heavy atom. The van der Waals surface area contributed by atoms with Gasteiger partial charge in [0.05, 0.1) is 0 Å². The van der Waals surface area contributed by atoms with Crippen molar-refractivity contribution >= 4 is 29.2 Å². The van der Waals surface area contributed by atoms with Gasteiger partial charge in [-0.3, -0.25) is 4.79 Å². The first-order valence-electron chi connectivity index (χ1n) is 8.56. The minimum atomic E-state index is -1.01. The number of hydrogen-bond acceptors (Lipinski definition) is 6. The van der Waals surface area contributed by atoms with E-state index in [1.54, 1.807) is 18.2 Å². The maximum atomic E-state index is 12.9. The lowest BCUT2D eigenvalue weighted by Gasteiger charge is -2.13. The van der Waals surface area contributed by atoms with Crippen LogP contribution < -0.4 is 5.73 Å². The van der Waals surface area contributed by atoms with Gasteiger partial charge in [-0.15, -0.1) is 0 Å². The number of nitrogen functional groups attached to an aromatic ring is 1. The number of ketones is 1. The quantitative estimate of drug-likeness (QED) is 0.521. The Hall–Kier alpha value is -3.19. The predicted octanol–water partition coefficient (Wildman–Crippen LogP) is 3.55. The fourth-order valence-electron chi connectivity index (χ4n) is 2.99. The van der Waals surface area contributed by atoms with Gasteiger partial charge in [-0.25, -0.2) is 14.8 Å². The lowest BCUT2D eigenvalue weighted by Crippen LogP contribution is -2.26. The Morgan fingerprint density at radius 3 is 2.43 bits per heavy atom. The van der Waals surface area contributed by atoms with Crippen molar-refractivity contribution in [1.82, 2.24) is 14.5 Å². The summed E-state index contributed by atoms with van der Waals surface area (Å²) in [5.41, 5.74) is 8.49. The van der Waals surface area contributed by atoms with Crippen LogP contribution >= 0.6 is 11.6 Å². The molecule has 2 aromatic heterocycles. The molecule has 1 atom stereocenters. The van der Waals surface area contributed by atoms with Crippen LogP contribution in [0.4, 0.5) is 5.82 Å². The van der Waals surface area contributed by atoms with E-state index in [4.69, 9.17) is 22.1 Å². The Morgan fingerprint density at radius 1 is 1.14 bits per heavy atom. The number of anilines is 1. The van der Waals surface area contributed by atoms with Crippen LogP contribution in [0.25, 0.3) is 5.69 Å². The molecule has 3 rings (SSSR count). The summed E-state index contributed by atoms with van der Waals surface area (Å²) in [5.74, 6) is -1.16. The topological polar surface area (TPSA) is 100 Å². The van der Waals surface area contributed by atoms with E-state index in [1.165, 1.54) is 19.3 Å². The van der Waals surface area contributed by atoms with Crippen molar-refractivity contribution in [2.24, 2.45) is 0 Å². The number of hydrogen-bond donors (Lipinski definition) is 1. The van der Waals surface area contributed by atoms with Crippen LogP contribution in [0.5, 0.6) is 0 Å². The first kappa shape index (κ1) is 19.6. The zero-order valence-corrected chi connectivity index (χ0v) is 16.4. The van der Waals surface area contributed by atoms with E-state index in [1.807, 2.05) is 30.5 Å². The molecule has 0 aliphatic carbocycles. The molecule has 28 heavy (non-hydrogen) atoms. The van der Waals surface area contributed by atoms with Gasteiger partial charge in [-0.2, -0.15) is 0 Å². The highest BCUT2D eigenvalue weighted by atomic mass is 35.5. The fraction of sp³-hybridized carbons (Fsp3) is 0.200. The second-order valence-corrected chi connectivity index (χ2v) is 6.74. The number of aryl methyl sites for hydroxylation is 1. The highest BCUT2D eigenvalue weighted by Gasteiger charge is 2.26. The molecule has 0 fully saturated rings. The van der Waals surface area contributed by atoms with Crippen LogP contribution in [-0.2, 0) is 4.74 Å². The molecule has 2 heterocycles. The number of halogens is 1. The van der Waals surface area contributed by atoms with Crippen LogP contribution in [0.3, 0.4) is 0 Å². The molecule has 0 spiro atoms. The molecule has 0 aliphatic rings. The van der Waals surface area contributed by atoms with Crippen molar-refractivity contribution in [3.05, 3.63) is 70.4 Å². The fourth-order valence-corrected chi connectivity index (χ4v) is 3.12. The first-order valence-corrected chi connectivity index (χ1v) is 8.94. The molecular formula is C20H19ClN4O3. The number of carbonyl (C=O) groups is 2. The number of aromatic nitrogens is 3. The van der Waals surface area contributed by atoms with Crippen LogP contribution in [0.2, 0.25) is 5.02 Å². The molecule has 0 aliphatic heterocycles. The molecular weight excluding hydrogens is 380 g/mol. The summed E-state index contributed by atoms with van der Waals surface area (Å²) in [7, 11) is 0. The molecule has 0 saturated heterocycles. The van der Waals surface area contributed by atoms with Crippen molar-refractivity contribution in [1.29, 1.82) is 0 Å². The van der Waals surface area contributed by atoms with Crippen LogP contribution in [-0.4, -0.2) is 32.4 Å². The van der Waals surface area contributed by atoms with Gasteiger partial charge in [0, 0.05) is 40.1 Å². The molecule has 0 amide bonds. The van der Waals surface area contributed by atoms with E-state index < -0.39 is 12.1 Å². The summed E-state index contributed by atoms with van der Waals surface area (Å²) < 4.78 is 7.20. The third kappa shape index (κ3) is 3.75. The third-order valence-corrected chi connectivity index (χ3v) is 4.61. The average molecular weight is 399 g/mol. The van der Waals surface area contributed by atoms with Crippen LogP contribution in [0.1, 0.15) is 39.2 Å². The molecule has 0 saturated carbocycles. The van der Waals surface area contributed by atoms with Crippen molar-refractivity contribution in [3.8, 4) is 5.69 Å². The van der Waals surface area contributed by atoms with E-state index >= 15 is 0 Å². The van der Waals surface area contributed by atoms with E-state index in [-0.39, 0.29) is 17.3 Å². The number of nitrogens with zero attached hydrogens (tertiary/aromatic N) is 3. The number of carbonyl (C=O) groups excluding carboxylic acids is 2. The van der Waals surface area contributed by atoms with Gasteiger partial charge in [0.2, 0.25) is 5.78 Å². The first-order chi connectivity index (χ1) is 13.3. The van der Waals surface area contributed by atoms with E-state index in [9.17, 15) is 9.59 Å². The van der Waals surface area contributed by atoms with Crippen molar-refractivity contribution < 1.29 is 14.3 Å². The Bertz CT molecular complexity index is 1040. The molecule has 2 N–H and O–H groups in total. The molecule has 0 unspecified atom stereocenters. The number of benzene rings is 1. The maximum absolute atomic E-state index is 12.9. The van der Waals surface area contributed by atoms with Gasteiger partial charge in [0.1, 0.15) is 0 Å². The van der Waals surface area contributed by atoms with Crippen molar-refractivity contribution in [2.75, 3.05) is 5.73 Å². The molecule has 0 radical (unpaired) electrons. The Balaban J connectivity index is 1.84. The van der Waals surface area contributed by atoms with E-state index in [0.717, 1.165) is 17.1 Å². The normalized spacial score (nSPS) is 11.9. The number of Topliss-reactive ketones (excluding diaryl/α,β-unsaturated/α-hetero) is 1. The summed E-state index contributed by atoms with van der Waals surface area (Å²) in [5, 5.41) is 0.631. The summed E-state index contributed by atoms with van der Waals surface area (Å²) in [6.07, 6.45) is 1.69. The van der Waals surface area contributed by atoms with E-state index in [2.05, 4.69) is 9.97 Å². The second kappa shape index (κ2) is 7.82. The summed E-state index contributed by atoms with van der Waals surface area (Å²) in [6, 6.07) is 9.08. The minimum Gasteiger partial charge on any atom is -0.449 e. The second-order valence-electron chi connectivity index (χ2n) is 6.30. The molecule has 1 aromatic carbocycles. The molecule has 8 heteroatoms. The lowest BCUT2D eigenvalue weighted by atomic mass is 10.1. The van der Waals surface area contributed by atoms with Crippen LogP contribution in [0.15, 0.2) is 42.7 Å². The SMILES string of the molecule is Cc1cc(C(=O)[C@H](C)OC(=O)c2nccnc2N)c(C)n1-c1ccc(Cl)cc1. The summed E-state index contributed by atoms with van der Waals surface area (Å²) >= 11 is 5.96. The highest BCUT2D eigenvalue weighted by molar-refractivity contribution is 6.30. The van der Waals surface area contributed by atoms with Gasteiger partial charge in [0.25, 0.3) is 0 Å². The zero-order chi connectivity index (χ0) is 20.4. The molecule has 3 aromatic rings. The highest BCUT2D eigenvalue weighted by Crippen LogP contribution is 2.24. The number of nitrogens with two attached hydrogens (primary N) is 1. The van der Waals surface area contributed by atoms with Crippen LogP contribution in [0, 0.1) is 13.8 Å².